The number of carbonyl (C=O) groups is 1. The Labute approximate surface area is 94.4 Å². The fourth-order valence-electron chi connectivity index (χ4n) is 1.82. The van der Waals surface area contributed by atoms with Gasteiger partial charge in [0.15, 0.2) is 6.10 Å². The van der Waals surface area contributed by atoms with Gasteiger partial charge in [-0.25, -0.2) is 0 Å². The summed E-state index contributed by atoms with van der Waals surface area (Å²) in [7, 11) is 0. The lowest BCUT2D eigenvalue weighted by Gasteiger charge is -2.23. The molecular formula is C10H19NO5. The molecule has 1 saturated heterocycles. The first-order chi connectivity index (χ1) is 7.56. The van der Waals surface area contributed by atoms with Gasteiger partial charge in [-0.2, -0.15) is 0 Å². The Bertz CT molecular complexity index is 243. The summed E-state index contributed by atoms with van der Waals surface area (Å²) in [6.07, 6.45) is -4.45. The molecule has 0 aliphatic carbocycles. The van der Waals surface area contributed by atoms with Crippen LogP contribution in [0.3, 0.4) is 0 Å². The molecule has 6 heteroatoms. The van der Waals surface area contributed by atoms with Gasteiger partial charge in [0.1, 0.15) is 18.3 Å². The minimum absolute atomic E-state index is 0.354. The Kier molecular flexibility index (Phi) is 4.67. The van der Waals surface area contributed by atoms with Crippen molar-refractivity contribution in [2.45, 2.75) is 38.3 Å². The number of likely N-dealkylation sites (N-methyl/N-ethyl adjacent to an activating group) is 1. The van der Waals surface area contributed by atoms with Crippen molar-refractivity contribution in [3.05, 3.63) is 0 Å². The van der Waals surface area contributed by atoms with Crippen molar-refractivity contribution in [2.24, 2.45) is 0 Å². The molecule has 1 amide bonds. The van der Waals surface area contributed by atoms with Gasteiger partial charge in [-0.3, -0.25) is 4.79 Å². The molecule has 1 heterocycles. The summed E-state index contributed by atoms with van der Waals surface area (Å²) in [5, 5.41) is 28.0. The van der Waals surface area contributed by atoms with Crippen LogP contribution in [-0.2, 0) is 9.53 Å². The molecule has 1 aliphatic rings. The Morgan fingerprint density at radius 1 is 1.25 bits per heavy atom. The Morgan fingerprint density at radius 3 is 2.19 bits per heavy atom. The maximum Gasteiger partial charge on any atom is 0.254 e. The van der Waals surface area contributed by atoms with Crippen molar-refractivity contribution in [1.82, 2.24) is 4.90 Å². The van der Waals surface area contributed by atoms with E-state index in [2.05, 4.69) is 0 Å². The number of hydrogen-bond acceptors (Lipinski definition) is 5. The lowest BCUT2D eigenvalue weighted by Crippen LogP contribution is -2.45. The second kappa shape index (κ2) is 5.58. The van der Waals surface area contributed by atoms with Gasteiger partial charge in [0.2, 0.25) is 0 Å². The predicted molar refractivity (Wildman–Crippen MR) is 55.7 cm³/mol. The molecule has 16 heavy (non-hydrogen) atoms. The van der Waals surface area contributed by atoms with Crippen LogP contribution in [0.4, 0.5) is 0 Å². The number of hydrogen-bond donors (Lipinski definition) is 3. The summed E-state index contributed by atoms with van der Waals surface area (Å²) in [6.45, 7) is 4.26. The number of nitrogens with zero attached hydrogens (tertiary/aromatic N) is 1. The van der Waals surface area contributed by atoms with Crippen LogP contribution in [0.2, 0.25) is 0 Å². The van der Waals surface area contributed by atoms with Crippen LogP contribution < -0.4 is 0 Å². The Balaban J connectivity index is 2.71. The van der Waals surface area contributed by atoms with Crippen LogP contribution in [0.15, 0.2) is 0 Å². The van der Waals surface area contributed by atoms with E-state index >= 15 is 0 Å². The van der Waals surface area contributed by atoms with Crippen molar-refractivity contribution in [2.75, 3.05) is 19.7 Å². The Hall–Kier alpha value is -0.690. The standard InChI is InChI=1S/C10H19NO5/c1-3-11(4-2)10(15)9-8(14)7(13)6(5-12)16-9/h6-9,12-14H,3-5H2,1-2H3/t6-,7-,8+,9+/m1/s1. The molecule has 0 aromatic carbocycles. The molecule has 0 radical (unpaired) electrons. The van der Waals surface area contributed by atoms with E-state index in [0.29, 0.717) is 13.1 Å². The van der Waals surface area contributed by atoms with Gasteiger partial charge >= 0.3 is 0 Å². The van der Waals surface area contributed by atoms with E-state index in [1.807, 2.05) is 13.8 Å². The molecule has 0 aromatic heterocycles. The first kappa shape index (κ1) is 13.4. The van der Waals surface area contributed by atoms with Crippen molar-refractivity contribution in [1.29, 1.82) is 0 Å². The molecule has 94 valence electrons. The van der Waals surface area contributed by atoms with Crippen molar-refractivity contribution in [3.63, 3.8) is 0 Å². The molecule has 4 atom stereocenters. The molecule has 1 aliphatic heterocycles. The highest BCUT2D eigenvalue weighted by Gasteiger charge is 2.46. The first-order valence-electron chi connectivity index (χ1n) is 5.48. The highest BCUT2D eigenvalue weighted by atomic mass is 16.6. The lowest BCUT2D eigenvalue weighted by atomic mass is 10.1. The van der Waals surface area contributed by atoms with Crippen molar-refractivity contribution >= 4 is 5.91 Å². The smallest absolute Gasteiger partial charge is 0.254 e. The monoisotopic (exact) mass is 233 g/mol. The highest BCUT2D eigenvalue weighted by molar-refractivity contribution is 5.82. The molecule has 1 fully saturated rings. The van der Waals surface area contributed by atoms with Crippen molar-refractivity contribution < 1.29 is 24.9 Å². The van der Waals surface area contributed by atoms with Crippen LogP contribution in [0.5, 0.6) is 0 Å². The van der Waals surface area contributed by atoms with E-state index in [1.54, 1.807) is 0 Å². The lowest BCUT2D eigenvalue weighted by molar-refractivity contribution is -0.147. The molecule has 1 rings (SSSR count). The van der Waals surface area contributed by atoms with E-state index in [1.165, 1.54) is 4.90 Å². The summed E-state index contributed by atoms with van der Waals surface area (Å²) in [6, 6.07) is 0. The molecule has 0 aromatic rings. The number of amides is 1. The summed E-state index contributed by atoms with van der Waals surface area (Å²) < 4.78 is 5.14. The number of aliphatic hydroxyl groups is 3. The molecule has 0 saturated carbocycles. The average molecular weight is 233 g/mol. The Morgan fingerprint density at radius 2 is 1.81 bits per heavy atom. The first-order valence-corrected chi connectivity index (χ1v) is 5.48. The van der Waals surface area contributed by atoms with Gasteiger partial charge in [-0.15, -0.1) is 0 Å². The second-order valence-corrected chi connectivity index (χ2v) is 3.77. The van der Waals surface area contributed by atoms with Gasteiger partial charge in [0.25, 0.3) is 5.91 Å². The van der Waals surface area contributed by atoms with E-state index in [9.17, 15) is 15.0 Å². The van der Waals surface area contributed by atoms with Crippen LogP contribution in [-0.4, -0.2) is 70.2 Å². The average Bonchev–Trinajstić information content (AvgIpc) is 2.57. The number of aliphatic hydroxyl groups excluding tert-OH is 3. The van der Waals surface area contributed by atoms with Crippen LogP contribution >= 0.6 is 0 Å². The number of rotatable bonds is 4. The topological polar surface area (TPSA) is 90.2 Å². The zero-order chi connectivity index (χ0) is 12.3. The fraction of sp³-hybridized carbons (Fsp3) is 0.900. The summed E-state index contributed by atoms with van der Waals surface area (Å²) in [5.74, 6) is -0.354. The van der Waals surface area contributed by atoms with Gasteiger partial charge in [-0.05, 0) is 13.8 Å². The van der Waals surface area contributed by atoms with Crippen molar-refractivity contribution in [3.8, 4) is 0 Å². The van der Waals surface area contributed by atoms with E-state index < -0.39 is 31.0 Å². The predicted octanol–water partition coefficient (Wildman–Crippen LogP) is -1.66. The SMILES string of the molecule is CCN(CC)C(=O)[C@H]1O[C@H](CO)[C@@H](O)[C@@H]1O. The molecular weight excluding hydrogens is 214 g/mol. The molecule has 0 bridgehead atoms. The van der Waals surface area contributed by atoms with Gasteiger partial charge in [0, 0.05) is 13.1 Å². The van der Waals surface area contributed by atoms with Gasteiger partial charge < -0.3 is 25.0 Å². The fourth-order valence-corrected chi connectivity index (χ4v) is 1.82. The quantitative estimate of drug-likeness (QED) is 0.540. The van der Waals surface area contributed by atoms with Crippen LogP contribution in [0, 0.1) is 0 Å². The minimum atomic E-state index is -1.27. The maximum atomic E-state index is 11.9. The van der Waals surface area contributed by atoms with E-state index in [4.69, 9.17) is 9.84 Å². The maximum absolute atomic E-state index is 11.9. The molecule has 0 unspecified atom stereocenters. The van der Waals surface area contributed by atoms with E-state index in [0.717, 1.165) is 0 Å². The highest BCUT2D eigenvalue weighted by Crippen LogP contribution is 2.22. The molecule has 6 nitrogen and oxygen atoms in total. The summed E-state index contributed by atoms with van der Waals surface area (Å²) in [4.78, 5) is 13.4. The van der Waals surface area contributed by atoms with Crippen LogP contribution in [0.1, 0.15) is 13.8 Å². The normalized spacial score (nSPS) is 34.1. The van der Waals surface area contributed by atoms with Crippen LogP contribution in [0.25, 0.3) is 0 Å². The third-order valence-corrected chi connectivity index (χ3v) is 2.86. The molecule has 0 spiro atoms. The number of ether oxygens (including phenoxy) is 1. The third-order valence-electron chi connectivity index (χ3n) is 2.86. The third kappa shape index (κ3) is 2.35. The largest absolute Gasteiger partial charge is 0.394 e. The number of carbonyl (C=O) groups excluding carboxylic acids is 1. The minimum Gasteiger partial charge on any atom is -0.394 e. The molecule has 3 N–H and O–H groups in total. The van der Waals surface area contributed by atoms with Gasteiger partial charge in [0.05, 0.1) is 6.61 Å². The zero-order valence-electron chi connectivity index (χ0n) is 9.54. The zero-order valence-corrected chi connectivity index (χ0v) is 9.54. The summed E-state index contributed by atoms with van der Waals surface area (Å²) >= 11 is 0. The van der Waals surface area contributed by atoms with E-state index in [-0.39, 0.29) is 5.91 Å². The summed E-state index contributed by atoms with van der Waals surface area (Å²) in [5.41, 5.74) is 0. The second-order valence-electron chi connectivity index (χ2n) is 3.77. The van der Waals surface area contributed by atoms with Gasteiger partial charge in [-0.1, -0.05) is 0 Å².